The maximum Gasteiger partial charge on any atom is 0.258 e. The summed E-state index contributed by atoms with van der Waals surface area (Å²) in [4.78, 5) is 22.1. The Bertz CT molecular complexity index is 390. The van der Waals surface area contributed by atoms with Crippen molar-refractivity contribution in [3.63, 3.8) is 0 Å². The van der Waals surface area contributed by atoms with Crippen molar-refractivity contribution in [1.82, 2.24) is 11.5 Å². The van der Waals surface area contributed by atoms with Crippen LogP contribution < -0.4 is 11.5 Å². The Labute approximate surface area is 70.6 Å². The molecule has 0 saturated heterocycles. The molecule has 0 bridgehead atoms. The van der Waals surface area contributed by atoms with Crippen molar-refractivity contribution in [3.05, 3.63) is 35.4 Å². The molecule has 0 saturated carbocycles. The molecule has 2 amide bonds. The molecule has 1 aliphatic heterocycles. The van der Waals surface area contributed by atoms with E-state index in [-0.39, 0.29) is 17.8 Å². The van der Waals surface area contributed by atoms with Crippen LogP contribution in [0.5, 0.6) is 0 Å². The smallest absolute Gasteiger partial charge is 0.258 e. The van der Waals surface area contributed by atoms with Crippen molar-refractivity contribution in [3.8, 4) is 0 Å². The van der Waals surface area contributed by atoms with Gasteiger partial charge in [-0.3, -0.25) is 14.9 Å². The zero-order valence-corrected chi connectivity index (χ0v) is 6.26. The second kappa shape index (κ2) is 2.75. The van der Waals surface area contributed by atoms with Gasteiger partial charge in [0.1, 0.15) is 0 Å². The largest absolute Gasteiger partial charge is 0.344 e. The second-order valence-electron chi connectivity index (χ2n) is 2.24. The normalized spacial score (nSPS) is 14.5. The summed E-state index contributed by atoms with van der Waals surface area (Å²) < 4.78 is 7.36. The fourth-order valence-electron chi connectivity index (χ4n) is 1.05. The lowest BCUT2D eigenvalue weighted by Gasteiger charge is -1.88. The number of carbonyl (C=O) groups excluding carboxylic acids is 2. The Morgan fingerprint density at radius 1 is 1.17 bits per heavy atom. The summed E-state index contributed by atoms with van der Waals surface area (Å²) in [5.41, 5.74) is 0.481. The molecule has 1 heterocycles. The van der Waals surface area contributed by atoms with Crippen LogP contribution in [-0.2, 0) is 0 Å². The first-order chi connectivity index (χ1) is 5.70. The van der Waals surface area contributed by atoms with Crippen LogP contribution >= 0.6 is 0 Å². The molecule has 0 unspecified atom stereocenters. The van der Waals surface area contributed by atoms with Gasteiger partial charge in [0.15, 0.2) is 0 Å². The third-order valence-corrected chi connectivity index (χ3v) is 1.55. The van der Waals surface area contributed by atoms with E-state index in [9.17, 15) is 9.59 Å². The van der Waals surface area contributed by atoms with Gasteiger partial charge in [-0.25, -0.2) is 0 Å². The predicted molar refractivity (Wildman–Crippen MR) is 43.3 cm³/mol. The monoisotopic (exact) mass is 165 g/mol. The summed E-state index contributed by atoms with van der Waals surface area (Å²) in [7, 11) is 0. The molecule has 0 fully saturated rings. The van der Waals surface area contributed by atoms with Crippen molar-refractivity contribution in [2.75, 3.05) is 0 Å². The molecule has 1 aromatic carbocycles. The molecule has 4 heteroatoms. The van der Waals surface area contributed by atoms with Crippen LogP contribution in [0.25, 0.3) is 0 Å². The molecular formula is C8H8N2O2. The predicted octanol–water partition coefficient (Wildman–Crippen LogP) is 0.732. The van der Waals surface area contributed by atoms with E-state index in [4.69, 9.17) is 1.37 Å². The Balaban J connectivity index is 0.000000845. The van der Waals surface area contributed by atoms with Gasteiger partial charge in [-0.1, -0.05) is 12.1 Å². The van der Waals surface area contributed by atoms with Gasteiger partial charge in [0.2, 0.25) is 0 Å². The van der Waals surface area contributed by atoms with E-state index in [1.807, 2.05) is 0 Å². The Morgan fingerprint density at radius 3 is 2.50 bits per heavy atom. The standard InChI is InChI=1S/C8H5NO2.H3N/c10-7-5-3-1-2-4-6(5)8(11)9-7;/h1-4H,(H,9,10,11);1H3/i3D;. The summed E-state index contributed by atoms with van der Waals surface area (Å²) in [5.74, 6) is -0.885. The maximum absolute atomic E-state index is 11.0. The number of hydrogen-bond acceptors (Lipinski definition) is 3. The first kappa shape index (κ1) is 7.00. The van der Waals surface area contributed by atoms with Crippen LogP contribution in [0, 0.1) is 0 Å². The van der Waals surface area contributed by atoms with E-state index in [0.717, 1.165) is 0 Å². The van der Waals surface area contributed by atoms with Crippen LogP contribution in [0.3, 0.4) is 0 Å². The quantitative estimate of drug-likeness (QED) is 0.556. The van der Waals surface area contributed by atoms with Gasteiger partial charge in [0.25, 0.3) is 11.8 Å². The molecule has 0 atom stereocenters. The van der Waals surface area contributed by atoms with Crippen LogP contribution in [0.4, 0.5) is 0 Å². The van der Waals surface area contributed by atoms with Gasteiger partial charge in [0, 0.05) is 0 Å². The number of benzene rings is 1. The highest BCUT2D eigenvalue weighted by molar-refractivity contribution is 6.21. The molecule has 1 aromatic rings. The minimum absolute atomic E-state index is 0. The molecular weight excluding hydrogens is 156 g/mol. The Kier molecular flexibility index (Phi) is 1.60. The lowest BCUT2D eigenvalue weighted by atomic mass is 10.1. The van der Waals surface area contributed by atoms with Crippen LogP contribution in [0.15, 0.2) is 24.2 Å². The maximum atomic E-state index is 11.0. The fourth-order valence-corrected chi connectivity index (χ4v) is 1.05. The molecule has 2 rings (SSSR count). The molecule has 1 aliphatic rings. The average Bonchev–Trinajstić information content (AvgIpc) is 2.29. The van der Waals surface area contributed by atoms with Gasteiger partial charge in [0.05, 0.1) is 12.5 Å². The van der Waals surface area contributed by atoms with Gasteiger partial charge < -0.3 is 6.15 Å². The molecule has 0 spiro atoms. The topological polar surface area (TPSA) is 81.2 Å². The van der Waals surface area contributed by atoms with Crippen molar-refractivity contribution in [2.24, 2.45) is 0 Å². The van der Waals surface area contributed by atoms with Crippen molar-refractivity contribution >= 4 is 11.8 Å². The molecule has 4 N–H and O–H groups in total. The van der Waals surface area contributed by atoms with E-state index >= 15 is 0 Å². The third-order valence-electron chi connectivity index (χ3n) is 1.55. The van der Waals surface area contributed by atoms with Crippen molar-refractivity contribution < 1.29 is 11.0 Å². The summed E-state index contributed by atoms with van der Waals surface area (Å²) in [6.45, 7) is 0. The van der Waals surface area contributed by atoms with Gasteiger partial charge in [-0.15, -0.1) is 0 Å². The lowest BCUT2D eigenvalue weighted by molar-refractivity contribution is 0.0879. The van der Waals surface area contributed by atoms with Crippen molar-refractivity contribution in [1.29, 1.82) is 0 Å². The Morgan fingerprint density at radius 2 is 1.83 bits per heavy atom. The van der Waals surface area contributed by atoms with Crippen LogP contribution in [0.2, 0.25) is 0 Å². The number of carbonyl (C=O) groups is 2. The third kappa shape index (κ3) is 0.981. The fraction of sp³-hybridized carbons (Fsp3) is 0. The molecule has 0 radical (unpaired) electrons. The zero-order chi connectivity index (χ0) is 8.72. The summed E-state index contributed by atoms with van der Waals surface area (Å²) >= 11 is 0. The number of hydrogen-bond donors (Lipinski definition) is 2. The van der Waals surface area contributed by atoms with E-state index < -0.39 is 11.8 Å². The van der Waals surface area contributed by atoms with E-state index in [2.05, 4.69) is 5.32 Å². The SMILES string of the molecule is N.[2H]c1cccc2c1C(=O)NC2=O. The first-order valence-corrected chi connectivity index (χ1v) is 3.15. The van der Waals surface area contributed by atoms with Crippen molar-refractivity contribution in [2.45, 2.75) is 0 Å². The number of nitrogens with one attached hydrogen (secondary N) is 1. The first-order valence-electron chi connectivity index (χ1n) is 3.65. The second-order valence-corrected chi connectivity index (χ2v) is 2.24. The molecule has 4 nitrogen and oxygen atoms in total. The lowest BCUT2D eigenvalue weighted by Crippen LogP contribution is -2.19. The number of fused-ring (bicyclic) bond motifs is 1. The molecule has 12 heavy (non-hydrogen) atoms. The highest BCUT2D eigenvalue weighted by Gasteiger charge is 2.25. The zero-order valence-electron chi connectivity index (χ0n) is 7.26. The van der Waals surface area contributed by atoms with Crippen LogP contribution in [0.1, 0.15) is 22.1 Å². The number of amides is 2. The number of rotatable bonds is 0. The minimum Gasteiger partial charge on any atom is -0.344 e. The summed E-state index contributed by atoms with van der Waals surface area (Å²) in [5, 5.41) is 2.13. The molecule has 0 aliphatic carbocycles. The van der Waals surface area contributed by atoms with Gasteiger partial charge in [-0.05, 0) is 12.1 Å². The number of imide groups is 1. The molecule has 62 valence electrons. The van der Waals surface area contributed by atoms with Gasteiger partial charge >= 0.3 is 0 Å². The van der Waals surface area contributed by atoms with E-state index in [1.165, 1.54) is 12.1 Å². The van der Waals surface area contributed by atoms with E-state index in [0.29, 0.717) is 5.56 Å². The van der Waals surface area contributed by atoms with E-state index in [1.54, 1.807) is 6.07 Å². The Hall–Kier alpha value is -1.68. The highest BCUT2D eigenvalue weighted by Crippen LogP contribution is 2.13. The van der Waals surface area contributed by atoms with Gasteiger partial charge in [-0.2, -0.15) is 0 Å². The minimum atomic E-state index is -0.472. The summed E-state index contributed by atoms with van der Waals surface area (Å²) in [6, 6.07) is 4.69. The van der Waals surface area contributed by atoms with Crippen LogP contribution in [-0.4, -0.2) is 11.8 Å². The summed E-state index contributed by atoms with van der Waals surface area (Å²) in [6.07, 6.45) is 0. The highest BCUT2D eigenvalue weighted by atomic mass is 16.2. The average molecular weight is 165 g/mol. The molecule has 0 aromatic heterocycles.